The minimum Gasteiger partial charge on any atom is -0.490 e. The highest BCUT2D eigenvalue weighted by atomic mass is 32.1. The van der Waals surface area contributed by atoms with Crippen LogP contribution >= 0.6 is 11.3 Å². The maximum absolute atomic E-state index is 12.0. The maximum Gasteiger partial charge on any atom is 0.331 e. The summed E-state index contributed by atoms with van der Waals surface area (Å²) in [6.45, 7) is 4.94. The van der Waals surface area contributed by atoms with Crippen LogP contribution in [-0.2, 0) is 16.1 Å². The fraction of sp³-hybridized carbons (Fsp3) is 0.286. The first-order valence-corrected chi connectivity index (χ1v) is 10.2. The second-order valence-corrected chi connectivity index (χ2v) is 6.99. The summed E-state index contributed by atoms with van der Waals surface area (Å²) in [4.78, 5) is 30.9. The lowest BCUT2D eigenvalue weighted by Gasteiger charge is -2.12. The predicted molar refractivity (Wildman–Crippen MR) is 112 cm³/mol. The highest BCUT2D eigenvalue weighted by Gasteiger charge is 2.08. The van der Waals surface area contributed by atoms with Crippen molar-refractivity contribution in [2.75, 3.05) is 13.2 Å². The largest absolute Gasteiger partial charge is 0.490 e. The third-order valence-electron chi connectivity index (χ3n) is 3.86. The predicted octanol–water partition coefficient (Wildman–Crippen LogP) is 3.93. The third-order valence-corrected chi connectivity index (χ3v) is 4.76. The molecule has 8 heteroatoms. The van der Waals surface area contributed by atoms with E-state index in [0.29, 0.717) is 40.8 Å². The molecular formula is C21H22N2O5S. The van der Waals surface area contributed by atoms with Crippen molar-refractivity contribution in [3.05, 3.63) is 57.5 Å². The molecule has 0 unspecified atom stereocenters. The zero-order chi connectivity index (χ0) is 20.6. The lowest BCUT2D eigenvalue weighted by molar-refractivity contribution is -0.139. The molecule has 0 aliphatic heterocycles. The van der Waals surface area contributed by atoms with E-state index in [1.165, 1.54) is 17.4 Å². The van der Waals surface area contributed by atoms with Crippen molar-refractivity contribution in [1.29, 1.82) is 0 Å². The summed E-state index contributed by atoms with van der Waals surface area (Å²) in [6, 6.07) is 7.21. The van der Waals surface area contributed by atoms with Gasteiger partial charge in [-0.2, -0.15) is 0 Å². The van der Waals surface area contributed by atoms with Crippen molar-refractivity contribution in [3.8, 4) is 11.5 Å². The van der Waals surface area contributed by atoms with Gasteiger partial charge in [0.25, 0.3) is 5.56 Å². The Hall–Kier alpha value is -3.13. The van der Waals surface area contributed by atoms with Crippen molar-refractivity contribution in [2.45, 2.75) is 26.9 Å². The molecule has 0 fully saturated rings. The Morgan fingerprint density at radius 3 is 2.86 bits per heavy atom. The van der Waals surface area contributed by atoms with Crippen LogP contribution in [0.2, 0.25) is 0 Å². The van der Waals surface area contributed by atoms with Gasteiger partial charge in [-0.1, -0.05) is 13.0 Å². The number of fused-ring (bicyclic) bond motifs is 1. The van der Waals surface area contributed by atoms with E-state index in [1.807, 2.05) is 32.0 Å². The van der Waals surface area contributed by atoms with Crippen LogP contribution in [0.4, 0.5) is 0 Å². The Bertz CT molecular complexity index is 1070. The van der Waals surface area contributed by atoms with E-state index < -0.39 is 5.97 Å². The van der Waals surface area contributed by atoms with Crippen molar-refractivity contribution < 1.29 is 19.0 Å². The molecule has 0 saturated carbocycles. The number of hydrogen-bond acceptors (Lipinski definition) is 7. The molecule has 0 aliphatic carbocycles. The van der Waals surface area contributed by atoms with Crippen molar-refractivity contribution >= 4 is 33.6 Å². The molecule has 0 atom stereocenters. The molecule has 29 heavy (non-hydrogen) atoms. The van der Waals surface area contributed by atoms with E-state index in [0.717, 1.165) is 12.0 Å². The number of benzene rings is 1. The van der Waals surface area contributed by atoms with Gasteiger partial charge in [0.1, 0.15) is 17.1 Å². The molecule has 7 nitrogen and oxygen atoms in total. The first-order chi connectivity index (χ1) is 14.1. The molecule has 3 rings (SSSR count). The number of nitrogens with one attached hydrogen (secondary N) is 1. The normalized spacial score (nSPS) is 11.1. The van der Waals surface area contributed by atoms with Crippen LogP contribution in [0, 0.1) is 0 Å². The summed E-state index contributed by atoms with van der Waals surface area (Å²) in [5.74, 6) is 1.07. The molecule has 0 saturated heterocycles. The molecular weight excluding hydrogens is 392 g/mol. The molecule has 0 bridgehead atoms. The fourth-order valence-corrected chi connectivity index (χ4v) is 3.30. The van der Waals surface area contributed by atoms with Gasteiger partial charge < -0.3 is 19.2 Å². The Labute approximate surface area is 172 Å². The number of esters is 1. The van der Waals surface area contributed by atoms with Gasteiger partial charge in [0, 0.05) is 6.08 Å². The molecule has 0 spiro atoms. The highest BCUT2D eigenvalue weighted by molar-refractivity contribution is 7.17. The molecule has 152 valence electrons. The van der Waals surface area contributed by atoms with Gasteiger partial charge in [-0.3, -0.25) is 4.79 Å². The van der Waals surface area contributed by atoms with E-state index in [9.17, 15) is 9.59 Å². The van der Waals surface area contributed by atoms with Crippen molar-refractivity contribution in [1.82, 2.24) is 9.97 Å². The lowest BCUT2D eigenvalue weighted by atomic mass is 10.2. The molecule has 0 radical (unpaired) electrons. The molecule has 3 aromatic rings. The van der Waals surface area contributed by atoms with Gasteiger partial charge >= 0.3 is 5.97 Å². The Balaban J connectivity index is 1.63. The van der Waals surface area contributed by atoms with E-state index in [2.05, 4.69) is 9.97 Å². The molecule has 0 aliphatic rings. The summed E-state index contributed by atoms with van der Waals surface area (Å²) < 4.78 is 17.0. The standard InChI is InChI=1S/C21H22N2O5S/c1-3-10-27-16-7-5-14(12-17(16)26-4-2)6-8-19(24)28-13-18-22-15-9-11-29-20(15)21(25)23-18/h5-9,11-12H,3-4,10,13H2,1-2H3,(H,22,23,25)/b8-6+. The molecule has 0 amide bonds. The van der Waals surface area contributed by atoms with E-state index >= 15 is 0 Å². The Morgan fingerprint density at radius 1 is 1.21 bits per heavy atom. The number of thiophene rings is 1. The Kier molecular flexibility index (Phi) is 7.02. The monoisotopic (exact) mass is 414 g/mol. The zero-order valence-corrected chi connectivity index (χ0v) is 17.1. The van der Waals surface area contributed by atoms with Gasteiger partial charge in [-0.05, 0) is 48.6 Å². The number of rotatable bonds is 9. The van der Waals surface area contributed by atoms with Crippen LogP contribution in [0.5, 0.6) is 11.5 Å². The number of carbonyl (C=O) groups is 1. The van der Waals surface area contributed by atoms with Crippen LogP contribution < -0.4 is 15.0 Å². The first-order valence-electron chi connectivity index (χ1n) is 9.31. The highest BCUT2D eigenvalue weighted by Crippen LogP contribution is 2.29. The molecule has 1 N–H and O–H groups in total. The number of hydrogen-bond donors (Lipinski definition) is 1. The van der Waals surface area contributed by atoms with E-state index in [1.54, 1.807) is 17.5 Å². The van der Waals surface area contributed by atoms with Gasteiger partial charge in [0.2, 0.25) is 0 Å². The summed E-state index contributed by atoms with van der Waals surface area (Å²) >= 11 is 1.32. The fourth-order valence-electron chi connectivity index (χ4n) is 2.57. The molecule has 2 aromatic heterocycles. The smallest absolute Gasteiger partial charge is 0.331 e. The van der Waals surface area contributed by atoms with Crippen molar-refractivity contribution in [3.63, 3.8) is 0 Å². The second kappa shape index (κ2) is 9.88. The van der Waals surface area contributed by atoms with Crippen LogP contribution in [0.15, 0.2) is 40.5 Å². The minimum absolute atomic E-state index is 0.113. The van der Waals surface area contributed by atoms with Crippen LogP contribution in [0.1, 0.15) is 31.7 Å². The zero-order valence-electron chi connectivity index (χ0n) is 16.3. The first kappa shape index (κ1) is 20.6. The second-order valence-electron chi connectivity index (χ2n) is 6.08. The number of carbonyl (C=O) groups excluding carboxylic acids is 1. The van der Waals surface area contributed by atoms with Crippen LogP contribution in [0.25, 0.3) is 16.3 Å². The maximum atomic E-state index is 12.0. The Morgan fingerprint density at radius 2 is 2.07 bits per heavy atom. The third kappa shape index (κ3) is 5.45. The SMILES string of the molecule is CCCOc1ccc(/C=C/C(=O)OCc2nc3ccsc3c(=O)[nH]2)cc1OCC. The summed E-state index contributed by atoms with van der Waals surface area (Å²) in [5, 5.41) is 1.79. The number of ether oxygens (including phenoxy) is 3. The summed E-state index contributed by atoms with van der Waals surface area (Å²) in [6.07, 6.45) is 3.85. The molecule has 1 aromatic carbocycles. The molecule has 2 heterocycles. The van der Waals surface area contributed by atoms with Gasteiger partial charge in [-0.25, -0.2) is 9.78 Å². The number of aromatic nitrogens is 2. The van der Waals surface area contributed by atoms with E-state index in [-0.39, 0.29) is 12.2 Å². The van der Waals surface area contributed by atoms with Crippen molar-refractivity contribution in [2.24, 2.45) is 0 Å². The number of nitrogens with zero attached hydrogens (tertiary/aromatic N) is 1. The van der Waals surface area contributed by atoms with Crippen LogP contribution in [-0.4, -0.2) is 29.2 Å². The summed E-state index contributed by atoms with van der Waals surface area (Å²) in [7, 11) is 0. The van der Waals surface area contributed by atoms with E-state index in [4.69, 9.17) is 14.2 Å². The van der Waals surface area contributed by atoms with Gasteiger partial charge in [0.15, 0.2) is 11.5 Å². The minimum atomic E-state index is -0.540. The van der Waals surface area contributed by atoms with Gasteiger partial charge in [-0.15, -0.1) is 11.3 Å². The number of H-pyrrole nitrogens is 1. The average molecular weight is 414 g/mol. The topological polar surface area (TPSA) is 90.5 Å². The average Bonchev–Trinajstić information content (AvgIpc) is 3.19. The lowest BCUT2D eigenvalue weighted by Crippen LogP contribution is -2.12. The summed E-state index contributed by atoms with van der Waals surface area (Å²) in [5.41, 5.74) is 1.13. The quantitative estimate of drug-likeness (QED) is 0.421. The van der Waals surface area contributed by atoms with Gasteiger partial charge in [0.05, 0.1) is 18.7 Å². The van der Waals surface area contributed by atoms with Crippen LogP contribution in [0.3, 0.4) is 0 Å². The number of aromatic amines is 1.